The van der Waals surface area contributed by atoms with E-state index in [1.54, 1.807) is 31.2 Å². The fourth-order valence-electron chi connectivity index (χ4n) is 1.80. The van der Waals surface area contributed by atoms with E-state index in [2.05, 4.69) is 25.8 Å². The number of rotatable bonds is 3. The summed E-state index contributed by atoms with van der Waals surface area (Å²) in [5.74, 6) is -1.10. The Kier molecular flexibility index (Phi) is 2.71. The average Bonchev–Trinajstić information content (AvgIpc) is 3.08. The van der Waals surface area contributed by atoms with E-state index in [0.717, 1.165) is 5.69 Å². The highest BCUT2D eigenvalue weighted by Crippen LogP contribution is 2.14. The second kappa shape index (κ2) is 4.53. The van der Waals surface area contributed by atoms with Crippen LogP contribution in [0.1, 0.15) is 16.2 Å². The molecule has 0 bridgehead atoms. The molecule has 9 nitrogen and oxygen atoms in total. The van der Waals surface area contributed by atoms with Crippen molar-refractivity contribution >= 4 is 5.97 Å². The maximum Gasteiger partial charge on any atom is 0.358 e. The molecule has 2 heterocycles. The van der Waals surface area contributed by atoms with E-state index in [1.165, 1.54) is 15.7 Å². The van der Waals surface area contributed by atoms with Crippen LogP contribution in [0.4, 0.5) is 0 Å². The molecule has 1 N–H and O–H groups in total. The van der Waals surface area contributed by atoms with Gasteiger partial charge in [0, 0.05) is 0 Å². The molecule has 0 saturated carbocycles. The molecule has 0 fully saturated rings. The van der Waals surface area contributed by atoms with Crippen LogP contribution in [0.25, 0.3) is 11.4 Å². The van der Waals surface area contributed by atoms with Crippen molar-refractivity contribution in [2.45, 2.75) is 6.92 Å². The summed E-state index contributed by atoms with van der Waals surface area (Å²) in [5.41, 5.74) is 1.90. The predicted octanol–water partition coefficient (Wildman–Crippen LogP) is 0.250. The fraction of sp³-hybridized carbons (Fsp3) is 0.0909. The van der Waals surface area contributed by atoms with Crippen molar-refractivity contribution in [2.24, 2.45) is 0 Å². The highest BCUT2D eigenvalue weighted by atomic mass is 16.4. The number of hydrogen-bond acceptors (Lipinski definition) is 6. The number of aromatic nitrogens is 7. The lowest BCUT2D eigenvalue weighted by Crippen LogP contribution is -2.03. The van der Waals surface area contributed by atoms with Crippen LogP contribution in [0.15, 0.2) is 30.6 Å². The number of aromatic carboxylic acids is 1. The zero-order chi connectivity index (χ0) is 14.1. The van der Waals surface area contributed by atoms with Gasteiger partial charge < -0.3 is 5.11 Å². The van der Waals surface area contributed by atoms with E-state index in [-0.39, 0.29) is 5.69 Å². The van der Waals surface area contributed by atoms with E-state index in [4.69, 9.17) is 5.11 Å². The van der Waals surface area contributed by atoms with Crippen molar-refractivity contribution in [3.63, 3.8) is 0 Å². The van der Waals surface area contributed by atoms with Gasteiger partial charge in [-0.05, 0) is 41.6 Å². The third-order valence-corrected chi connectivity index (χ3v) is 2.80. The first-order valence-electron chi connectivity index (χ1n) is 5.66. The van der Waals surface area contributed by atoms with E-state index in [1.807, 2.05) is 0 Å². The van der Waals surface area contributed by atoms with Crippen LogP contribution in [-0.4, -0.2) is 46.3 Å². The Morgan fingerprint density at radius 1 is 1.15 bits per heavy atom. The monoisotopic (exact) mass is 271 g/mol. The number of benzene rings is 1. The Bertz CT molecular complexity index is 746. The first-order valence-corrected chi connectivity index (χ1v) is 5.66. The highest BCUT2D eigenvalue weighted by molar-refractivity contribution is 5.86. The molecule has 0 unspecified atom stereocenters. The number of carbonyl (C=O) groups is 1. The largest absolute Gasteiger partial charge is 0.476 e. The molecule has 20 heavy (non-hydrogen) atoms. The number of carboxylic acid groups (broad SMARTS) is 1. The minimum Gasteiger partial charge on any atom is -0.476 e. The van der Waals surface area contributed by atoms with Crippen molar-refractivity contribution in [3.05, 3.63) is 42.0 Å². The number of nitrogens with zero attached hydrogens (tertiary/aromatic N) is 7. The standard InChI is InChI=1S/C11H9N7O2/c1-7-10(11(19)20)13-15-18(7)9-4-2-8(3-5-9)17-6-12-14-16-17/h2-6H,1H3,(H,19,20). The topological polar surface area (TPSA) is 112 Å². The number of carboxylic acids is 1. The summed E-state index contributed by atoms with van der Waals surface area (Å²) < 4.78 is 2.98. The Morgan fingerprint density at radius 3 is 2.40 bits per heavy atom. The summed E-state index contributed by atoms with van der Waals surface area (Å²) in [6, 6.07) is 7.16. The minimum atomic E-state index is -1.10. The molecule has 0 amide bonds. The Balaban J connectivity index is 1.98. The quantitative estimate of drug-likeness (QED) is 0.726. The third kappa shape index (κ3) is 1.90. The molecule has 3 aromatic rings. The first-order chi connectivity index (χ1) is 9.66. The maximum absolute atomic E-state index is 10.9. The zero-order valence-corrected chi connectivity index (χ0v) is 10.4. The second-order valence-electron chi connectivity index (χ2n) is 4.01. The lowest BCUT2D eigenvalue weighted by molar-refractivity contribution is 0.0689. The predicted molar refractivity (Wildman–Crippen MR) is 65.8 cm³/mol. The molecule has 9 heteroatoms. The van der Waals surface area contributed by atoms with Gasteiger partial charge in [-0.15, -0.1) is 10.2 Å². The normalized spacial score (nSPS) is 10.7. The Labute approximate surface area is 112 Å². The van der Waals surface area contributed by atoms with Crippen molar-refractivity contribution in [1.82, 2.24) is 35.2 Å². The van der Waals surface area contributed by atoms with Crippen molar-refractivity contribution in [1.29, 1.82) is 0 Å². The van der Waals surface area contributed by atoms with Gasteiger partial charge in [-0.25, -0.2) is 14.2 Å². The zero-order valence-electron chi connectivity index (χ0n) is 10.4. The average molecular weight is 271 g/mol. The van der Waals surface area contributed by atoms with Crippen LogP contribution < -0.4 is 0 Å². The van der Waals surface area contributed by atoms with Gasteiger partial charge in [-0.3, -0.25) is 0 Å². The molecule has 100 valence electrons. The molecule has 0 aliphatic rings. The van der Waals surface area contributed by atoms with Crippen LogP contribution in [0, 0.1) is 6.92 Å². The number of tetrazole rings is 1. The molecule has 3 rings (SSSR count). The fourth-order valence-corrected chi connectivity index (χ4v) is 1.80. The smallest absolute Gasteiger partial charge is 0.358 e. The molecule has 0 atom stereocenters. The van der Waals surface area contributed by atoms with Gasteiger partial charge in [0.2, 0.25) is 0 Å². The first kappa shape index (κ1) is 12.0. The van der Waals surface area contributed by atoms with Gasteiger partial charge in [-0.2, -0.15) is 0 Å². The van der Waals surface area contributed by atoms with Crippen molar-refractivity contribution in [3.8, 4) is 11.4 Å². The Hall–Kier alpha value is -3.10. The molecule has 2 aromatic heterocycles. The molecule has 0 aliphatic heterocycles. The van der Waals surface area contributed by atoms with Gasteiger partial charge in [0.05, 0.1) is 17.1 Å². The summed E-state index contributed by atoms with van der Waals surface area (Å²) in [5, 5.41) is 27.3. The lowest BCUT2D eigenvalue weighted by Gasteiger charge is -2.04. The van der Waals surface area contributed by atoms with E-state index >= 15 is 0 Å². The molecule has 0 spiro atoms. The van der Waals surface area contributed by atoms with Crippen LogP contribution in [0.2, 0.25) is 0 Å². The molecule has 0 radical (unpaired) electrons. The van der Waals surface area contributed by atoms with Crippen molar-refractivity contribution < 1.29 is 9.90 Å². The van der Waals surface area contributed by atoms with Crippen LogP contribution in [0.3, 0.4) is 0 Å². The minimum absolute atomic E-state index is 0.0606. The molecule has 1 aromatic carbocycles. The van der Waals surface area contributed by atoms with Crippen LogP contribution >= 0.6 is 0 Å². The van der Waals surface area contributed by atoms with Crippen LogP contribution in [0.5, 0.6) is 0 Å². The number of hydrogen-bond donors (Lipinski definition) is 1. The van der Waals surface area contributed by atoms with Gasteiger partial charge in [0.15, 0.2) is 5.69 Å². The lowest BCUT2D eigenvalue weighted by atomic mass is 10.2. The SMILES string of the molecule is Cc1c(C(=O)O)nnn1-c1ccc(-n2cnnn2)cc1. The summed E-state index contributed by atoms with van der Waals surface area (Å²) in [6.07, 6.45) is 1.48. The summed E-state index contributed by atoms with van der Waals surface area (Å²) in [7, 11) is 0. The maximum atomic E-state index is 10.9. The third-order valence-electron chi connectivity index (χ3n) is 2.80. The molecule has 0 saturated heterocycles. The summed E-state index contributed by atoms with van der Waals surface area (Å²) >= 11 is 0. The van der Waals surface area contributed by atoms with Crippen LogP contribution in [-0.2, 0) is 0 Å². The second-order valence-corrected chi connectivity index (χ2v) is 4.01. The highest BCUT2D eigenvalue weighted by Gasteiger charge is 2.15. The van der Waals surface area contributed by atoms with Crippen molar-refractivity contribution in [2.75, 3.05) is 0 Å². The van der Waals surface area contributed by atoms with Gasteiger partial charge in [-0.1, -0.05) is 5.21 Å². The molecule has 0 aliphatic carbocycles. The molecular weight excluding hydrogens is 262 g/mol. The van der Waals surface area contributed by atoms with Gasteiger partial charge in [0.25, 0.3) is 0 Å². The van der Waals surface area contributed by atoms with E-state index in [0.29, 0.717) is 11.4 Å². The van der Waals surface area contributed by atoms with E-state index in [9.17, 15) is 4.79 Å². The summed E-state index contributed by atoms with van der Waals surface area (Å²) in [4.78, 5) is 10.9. The molecular formula is C11H9N7O2. The van der Waals surface area contributed by atoms with E-state index < -0.39 is 5.97 Å². The van der Waals surface area contributed by atoms with Gasteiger partial charge >= 0.3 is 5.97 Å². The van der Waals surface area contributed by atoms with Gasteiger partial charge in [0.1, 0.15) is 6.33 Å². The summed E-state index contributed by atoms with van der Waals surface area (Å²) in [6.45, 7) is 1.65. The Morgan fingerprint density at radius 2 is 1.85 bits per heavy atom.